The number of nitrogens with one attached hydrogen (secondary N) is 2. The number of allylic oxidation sites excluding steroid dienone is 2. The summed E-state index contributed by atoms with van der Waals surface area (Å²) in [7, 11) is 1.54. The highest BCUT2D eigenvalue weighted by Crippen LogP contribution is 2.57. The Balaban J connectivity index is 2.11. The molecular formula is C20H28N4O6S2. The van der Waals surface area contributed by atoms with Crippen LogP contribution in [-0.2, 0) is 14.4 Å². The molecule has 2 aliphatic rings. The van der Waals surface area contributed by atoms with Crippen LogP contribution in [0.15, 0.2) is 48.1 Å². The van der Waals surface area contributed by atoms with Crippen LogP contribution in [0.1, 0.15) is 19.8 Å². The smallest absolute Gasteiger partial charge is 0.373 e. The summed E-state index contributed by atoms with van der Waals surface area (Å²) in [6.07, 6.45) is 11.1. The lowest BCUT2D eigenvalue weighted by Crippen LogP contribution is -2.44. The van der Waals surface area contributed by atoms with E-state index in [9.17, 15) is 29.4 Å². The van der Waals surface area contributed by atoms with Crippen molar-refractivity contribution in [2.45, 2.75) is 25.8 Å². The molecule has 0 aromatic carbocycles. The summed E-state index contributed by atoms with van der Waals surface area (Å²) in [6.45, 7) is 1.63. The first kappa shape index (κ1) is 25.4. The SMILES string of the molecule is CCS(NC(=O)C1=CN(C)C=CC1)(SCC(NC(=O)C1=CN(C)C=CC1)C(=O)O)C(=O)O. The Bertz CT molecular complexity index is 901. The van der Waals surface area contributed by atoms with Crippen LogP contribution in [0.2, 0.25) is 0 Å². The van der Waals surface area contributed by atoms with Crippen LogP contribution in [-0.4, -0.2) is 74.7 Å². The minimum atomic E-state index is -2.81. The summed E-state index contributed by atoms with van der Waals surface area (Å²) in [5.41, 5.74) is 0.806. The van der Waals surface area contributed by atoms with E-state index < -0.39 is 38.4 Å². The fourth-order valence-corrected chi connectivity index (χ4v) is 7.05. The van der Waals surface area contributed by atoms with Gasteiger partial charge in [0.25, 0.3) is 5.91 Å². The predicted octanol–water partition coefficient (Wildman–Crippen LogP) is 2.20. The molecule has 2 unspecified atom stereocenters. The molecular weight excluding hydrogens is 456 g/mol. The molecule has 0 radical (unpaired) electrons. The van der Waals surface area contributed by atoms with Crippen molar-refractivity contribution in [2.75, 3.05) is 25.6 Å². The molecule has 2 rings (SSSR count). The van der Waals surface area contributed by atoms with Gasteiger partial charge in [0.05, 0.1) is 0 Å². The van der Waals surface area contributed by atoms with Crippen molar-refractivity contribution in [1.29, 1.82) is 0 Å². The molecule has 0 aromatic rings. The summed E-state index contributed by atoms with van der Waals surface area (Å²) in [4.78, 5) is 52.4. The number of carbonyl (C=O) groups excluding carboxylic acids is 2. The van der Waals surface area contributed by atoms with Crippen molar-refractivity contribution in [1.82, 2.24) is 19.8 Å². The molecule has 32 heavy (non-hydrogen) atoms. The fraction of sp³-hybridized carbons (Fsp3) is 0.400. The lowest BCUT2D eigenvalue weighted by atomic mass is 10.1. The Morgan fingerprint density at radius 3 is 2.00 bits per heavy atom. The minimum Gasteiger partial charge on any atom is -0.480 e. The molecule has 2 heterocycles. The second-order valence-electron chi connectivity index (χ2n) is 7.13. The van der Waals surface area contributed by atoms with Crippen molar-refractivity contribution >= 4 is 43.1 Å². The molecule has 0 bridgehead atoms. The second kappa shape index (κ2) is 11.1. The van der Waals surface area contributed by atoms with Gasteiger partial charge in [0.15, 0.2) is 0 Å². The maximum atomic E-state index is 12.7. The number of carboxylic acids is 1. The average molecular weight is 485 g/mol. The topological polar surface area (TPSA) is 139 Å². The molecule has 2 atom stereocenters. The zero-order chi connectivity index (χ0) is 23.9. The number of nitrogens with zero attached hydrogens (tertiary/aromatic N) is 2. The molecule has 176 valence electrons. The maximum Gasteiger partial charge on any atom is 0.373 e. The molecule has 0 saturated carbocycles. The van der Waals surface area contributed by atoms with Gasteiger partial charge in [-0.25, -0.2) is 9.59 Å². The molecule has 0 spiro atoms. The largest absolute Gasteiger partial charge is 0.480 e. The van der Waals surface area contributed by atoms with E-state index in [0.717, 1.165) is 10.8 Å². The van der Waals surface area contributed by atoms with Crippen LogP contribution >= 0.6 is 20.0 Å². The van der Waals surface area contributed by atoms with Gasteiger partial charge < -0.3 is 25.3 Å². The Morgan fingerprint density at radius 1 is 1.03 bits per heavy atom. The Kier molecular flexibility index (Phi) is 8.84. The van der Waals surface area contributed by atoms with Crippen LogP contribution in [0.25, 0.3) is 0 Å². The van der Waals surface area contributed by atoms with Crippen LogP contribution in [0, 0.1) is 0 Å². The molecule has 0 saturated heterocycles. The van der Waals surface area contributed by atoms with Crippen LogP contribution < -0.4 is 10.0 Å². The average Bonchev–Trinajstić information content (AvgIpc) is 2.74. The second-order valence-corrected chi connectivity index (χ2v) is 12.6. The van der Waals surface area contributed by atoms with Crippen LogP contribution in [0.5, 0.6) is 0 Å². The molecule has 0 aromatic heterocycles. The van der Waals surface area contributed by atoms with E-state index in [2.05, 4.69) is 10.0 Å². The summed E-state index contributed by atoms with van der Waals surface area (Å²) in [6, 6.07) is -1.32. The minimum absolute atomic E-state index is 0.0960. The fourth-order valence-electron chi connectivity index (χ4n) is 2.91. The number of carboxylic acid groups (broad SMARTS) is 2. The van der Waals surface area contributed by atoms with E-state index in [1.165, 1.54) is 0 Å². The normalized spacial score (nSPS) is 19.2. The number of rotatable bonds is 8. The molecule has 10 nitrogen and oxygen atoms in total. The van der Waals surface area contributed by atoms with Gasteiger partial charge in [-0.2, -0.15) is 0 Å². The number of amides is 2. The lowest BCUT2D eigenvalue weighted by molar-refractivity contribution is -0.140. The molecule has 12 heteroatoms. The van der Waals surface area contributed by atoms with E-state index >= 15 is 0 Å². The predicted molar refractivity (Wildman–Crippen MR) is 126 cm³/mol. The quantitative estimate of drug-likeness (QED) is 0.382. The van der Waals surface area contributed by atoms with Gasteiger partial charge in [-0.3, -0.25) is 14.3 Å². The zero-order valence-electron chi connectivity index (χ0n) is 18.1. The first-order valence-corrected chi connectivity index (χ1v) is 13.1. The van der Waals surface area contributed by atoms with Gasteiger partial charge >= 0.3 is 11.3 Å². The zero-order valence-corrected chi connectivity index (χ0v) is 19.7. The molecule has 4 N–H and O–H groups in total. The third-order valence-electron chi connectivity index (χ3n) is 4.64. The maximum absolute atomic E-state index is 12.7. The van der Waals surface area contributed by atoms with Crippen molar-refractivity contribution in [3.8, 4) is 0 Å². The van der Waals surface area contributed by atoms with Crippen molar-refractivity contribution in [2.24, 2.45) is 0 Å². The molecule has 0 fully saturated rings. The summed E-state index contributed by atoms with van der Waals surface area (Å²) in [5.74, 6) is -2.44. The lowest BCUT2D eigenvalue weighted by Gasteiger charge is -2.35. The number of carbonyl (C=O) groups is 4. The van der Waals surface area contributed by atoms with Gasteiger partial charge in [0.1, 0.15) is 6.04 Å². The van der Waals surface area contributed by atoms with Gasteiger partial charge in [0, 0.05) is 49.1 Å². The first-order chi connectivity index (χ1) is 15.1. The first-order valence-electron chi connectivity index (χ1n) is 9.80. The Hall–Kier alpha value is -2.86. The van der Waals surface area contributed by atoms with Gasteiger partial charge in [-0.15, -0.1) is 0 Å². The van der Waals surface area contributed by atoms with Gasteiger partial charge in [0.2, 0.25) is 5.91 Å². The highest BCUT2D eigenvalue weighted by molar-refractivity contribution is 8.99. The third kappa shape index (κ3) is 6.57. The molecule has 0 aliphatic carbocycles. The van der Waals surface area contributed by atoms with Crippen molar-refractivity contribution in [3.63, 3.8) is 0 Å². The van der Waals surface area contributed by atoms with E-state index in [0.29, 0.717) is 24.0 Å². The summed E-state index contributed by atoms with van der Waals surface area (Å²) >= 11 is 0. The number of hydrogen-bond donors (Lipinski definition) is 4. The molecule has 2 aliphatic heterocycles. The summed E-state index contributed by atoms with van der Waals surface area (Å²) in [5, 5.41) is 20.7. The van der Waals surface area contributed by atoms with Gasteiger partial charge in [-0.1, -0.05) is 29.9 Å². The highest BCUT2D eigenvalue weighted by Gasteiger charge is 2.36. The van der Waals surface area contributed by atoms with E-state index in [4.69, 9.17) is 0 Å². The van der Waals surface area contributed by atoms with Crippen LogP contribution in [0.3, 0.4) is 0 Å². The van der Waals surface area contributed by atoms with Crippen molar-refractivity contribution in [3.05, 3.63) is 48.1 Å². The Labute approximate surface area is 191 Å². The number of hydrogen-bond acceptors (Lipinski definition) is 7. The summed E-state index contributed by atoms with van der Waals surface area (Å²) < 4.78 is 2.63. The van der Waals surface area contributed by atoms with Gasteiger partial charge in [-0.05, 0) is 34.5 Å². The van der Waals surface area contributed by atoms with E-state index in [-0.39, 0.29) is 11.5 Å². The standard InChI is InChI=1S/C20H28N4O6S2/c1-4-32(20(29)30,22-18(26)15-8-6-10-24(3)12-15)31-13-16(19(27)28)21-17(25)14-7-5-9-23(2)11-14/h5-6,9-12,16H,4,7-8,13H2,1-3H3,(H,21,25)(H,22,26)(H,27,28)(H,29,30). The van der Waals surface area contributed by atoms with Crippen LogP contribution in [0.4, 0.5) is 4.79 Å². The number of aliphatic carboxylic acids is 1. The third-order valence-corrected chi connectivity index (χ3v) is 10.4. The van der Waals surface area contributed by atoms with E-state index in [1.807, 2.05) is 0 Å². The monoisotopic (exact) mass is 484 g/mol. The highest BCUT2D eigenvalue weighted by atomic mass is 33.2. The molecule has 2 amide bonds. The van der Waals surface area contributed by atoms with E-state index in [1.54, 1.807) is 67.8 Å². The van der Waals surface area contributed by atoms with Crippen molar-refractivity contribution < 1.29 is 29.4 Å². The Morgan fingerprint density at radius 2 is 1.56 bits per heavy atom.